The number of hydrogen-bond acceptors (Lipinski definition) is 6. The molecular weight excluding hydrogens is 560 g/mol. The van der Waals surface area contributed by atoms with Gasteiger partial charge in [0.15, 0.2) is 0 Å². The van der Waals surface area contributed by atoms with Gasteiger partial charge >= 0.3 is 0 Å². The van der Waals surface area contributed by atoms with E-state index in [1.165, 1.54) is 4.88 Å². The van der Waals surface area contributed by atoms with Gasteiger partial charge in [-0.25, -0.2) is 0 Å². The number of aliphatic hydroxyl groups excluding tert-OH is 1. The van der Waals surface area contributed by atoms with E-state index < -0.39 is 23.6 Å². The maximum Gasteiger partial charge on any atom is 0.243 e. The number of halogens is 1. The van der Waals surface area contributed by atoms with Gasteiger partial charge in [0.25, 0.3) is 0 Å². The van der Waals surface area contributed by atoms with Gasteiger partial charge in [-0.1, -0.05) is 69.3 Å². The Morgan fingerprint density at radius 1 is 1.05 bits per heavy atom. The first-order chi connectivity index (χ1) is 19.1. The molecule has 1 unspecified atom stereocenters. The van der Waals surface area contributed by atoms with Gasteiger partial charge < -0.3 is 26.0 Å². The molecule has 0 saturated carbocycles. The highest BCUT2D eigenvalue weighted by molar-refractivity contribution is 7.09. The van der Waals surface area contributed by atoms with E-state index in [0.29, 0.717) is 26.1 Å². The van der Waals surface area contributed by atoms with Crippen LogP contribution in [0.4, 0.5) is 0 Å². The first kappa shape index (κ1) is 32.5. The van der Waals surface area contributed by atoms with Crippen molar-refractivity contribution in [2.75, 3.05) is 19.6 Å². The number of aliphatic hydroxyl groups is 1. The highest BCUT2D eigenvalue weighted by Gasteiger charge is 2.39. The normalized spacial score (nSPS) is 16.6. The Morgan fingerprint density at radius 3 is 2.51 bits per heavy atom. The molecule has 3 amide bonds. The van der Waals surface area contributed by atoms with Crippen molar-refractivity contribution in [1.29, 1.82) is 0 Å². The Labute approximate surface area is 252 Å². The summed E-state index contributed by atoms with van der Waals surface area (Å²) in [7, 11) is 0. The molecule has 0 radical (unpaired) electrons. The molecule has 3 aromatic rings. The minimum atomic E-state index is -0.855. The van der Waals surface area contributed by atoms with Crippen LogP contribution in [0.5, 0.6) is 0 Å². The van der Waals surface area contributed by atoms with Crippen LogP contribution in [0.25, 0.3) is 10.8 Å². The van der Waals surface area contributed by atoms with Gasteiger partial charge in [0.05, 0.1) is 6.10 Å². The van der Waals surface area contributed by atoms with Gasteiger partial charge in [-0.05, 0) is 40.6 Å². The average molecular weight is 601 g/mol. The molecule has 222 valence electrons. The van der Waals surface area contributed by atoms with E-state index in [9.17, 15) is 19.5 Å². The number of rotatable bonds is 11. The van der Waals surface area contributed by atoms with Crippen molar-refractivity contribution in [2.24, 2.45) is 5.41 Å². The Hall–Kier alpha value is -2.98. The third kappa shape index (κ3) is 9.00. The zero-order chi connectivity index (χ0) is 28.7. The van der Waals surface area contributed by atoms with Crippen molar-refractivity contribution < 1.29 is 19.5 Å². The standard InChI is InChI=1S/C31H40N4O4S.ClH/c1-31(2,3)30(39)35-14-6-11-27(35)29(38)34-26(17-21-12-13-22-8-4-5-9-23(22)16-21)28(37)33-19-24(36)18-32-20-25-10-7-15-40-25;/h4-5,7-10,12-13,15-16,24,26-27,32,36H,6,11,14,17-20H2,1-3H3,(H,33,37)(H,34,38);1H/t24?,26-,27+;/m1./s1. The fraction of sp³-hybridized carbons (Fsp3) is 0.452. The number of fused-ring (bicyclic) bond motifs is 1. The summed E-state index contributed by atoms with van der Waals surface area (Å²) < 4.78 is 0. The Bertz CT molecular complexity index is 1310. The first-order valence-electron chi connectivity index (χ1n) is 13.9. The fourth-order valence-electron chi connectivity index (χ4n) is 4.98. The monoisotopic (exact) mass is 600 g/mol. The average Bonchev–Trinajstić information content (AvgIpc) is 3.63. The van der Waals surface area contributed by atoms with Gasteiger partial charge in [0.2, 0.25) is 17.7 Å². The second-order valence-electron chi connectivity index (χ2n) is 11.5. The molecule has 0 spiro atoms. The van der Waals surface area contributed by atoms with Crippen molar-refractivity contribution in [3.05, 3.63) is 70.4 Å². The second kappa shape index (κ2) is 14.8. The van der Waals surface area contributed by atoms with Crippen LogP contribution < -0.4 is 16.0 Å². The maximum absolute atomic E-state index is 13.5. The van der Waals surface area contributed by atoms with E-state index in [1.807, 2.05) is 80.7 Å². The number of hydrogen-bond donors (Lipinski definition) is 4. The van der Waals surface area contributed by atoms with Crippen molar-refractivity contribution in [2.45, 2.75) is 64.8 Å². The van der Waals surface area contributed by atoms with Crippen molar-refractivity contribution in [3.63, 3.8) is 0 Å². The predicted octanol–water partition coefficient (Wildman–Crippen LogP) is 3.65. The van der Waals surface area contributed by atoms with Gasteiger partial charge in [0, 0.05) is 42.9 Å². The number of likely N-dealkylation sites (tertiary alicyclic amines) is 1. The topological polar surface area (TPSA) is 111 Å². The molecule has 3 atom stereocenters. The minimum absolute atomic E-state index is 0. The van der Waals surface area contributed by atoms with Crippen LogP contribution in [0.1, 0.15) is 44.1 Å². The molecule has 1 fully saturated rings. The van der Waals surface area contributed by atoms with Crippen molar-refractivity contribution in [3.8, 4) is 0 Å². The Balaban J connectivity index is 0.00000462. The lowest BCUT2D eigenvalue weighted by atomic mass is 9.94. The summed E-state index contributed by atoms with van der Waals surface area (Å²) in [5.41, 5.74) is 0.310. The Kier molecular flexibility index (Phi) is 11.7. The number of benzene rings is 2. The van der Waals surface area contributed by atoms with E-state index in [0.717, 1.165) is 22.8 Å². The minimum Gasteiger partial charge on any atom is -0.390 e. The quantitative estimate of drug-likeness (QED) is 0.269. The second-order valence-corrected chi connectivity index (χ2v) is 12.5. The molecular formula is C31H41ClN4O4S. The summed E-state index contributed by atoms with van der Waals surface area (Å²) in [6.45, 7) is 7.09. The van der Waals surface area contributed by atoms with E-state index in [1.54, 1.807) is 16.2 Å². The third-order valence-corrected chi connectivity index (χ3v) is 7.99. The van der Waals surface area contributed by atoms with Crippen molar-refractivity contribution in [1.82, 2.24) is 20.9 Å². The molecule has 1 aromatic heterocycles. The smallest absolute Gasteiger partial charge is 0.243 e. The number of carbonyl (C=O) groups excluding carboxylic acids is 3. The fourth-order valence-corrected chi connectivity index (χ4v) is 5.66. The number of amides is 3. The summed E-state index contributed by atoms with van der Waals surface area (Å²) in [6, 6.07) is 16.5. The van der Waals surface area contributed by atoms with Crippen molar-refractivity contribution >= 4 is 52.2 Å². The highest BCUT2D eigenvalue weighted by atomic mass is 35.5. The van der Waals surface area contributed by atoms with Crippen LogP contribution in [-0.2, 0) is 27.3 Å². The lowest BCUT2D eigenvalue weighted by Crippen LogP contribution is -2.55. The lowest BCUT2D eigenvalue weighted by Gasteiger charge is -2.31. The molecule has 4 rings (SSSR count). The highest BCUT2D eigenvalue weighted by Crippen LogP contribution is 2.26. The number of thiophene rings is 1. The van der Waals surface area contributed by atoms with Crippen LogP contribution in [0.15, 0.2) is 60.0 Å². The molecule has 1 aliphatic rings. The van der Waals surface area contributed by atoms with Crippen LogP contribution in [0, 0.1) is 5.41 Å². The molecule has 4 N–H and O–H groups in total. The summed E-state index contributed by atoms with van der Waals surface area (Å²) >= 11 is 1.64. The third-order valence-electron chi connectivity index (χ3n) is 7.12. The number of carbonyl (C=O) groups is 3. The van der Waals surface area contributed by atoms with E-state index in [4.69, 9.17) is 0 Å². The Morgan fingerprint density at radius 2 is 1.80 bits per heavy atom. The molecule has 2 aromatic carbocycles. The molecule has 1 saturated heterocycles. The van der Waals surface area contributed by atoms with Gasteiger partial charge in [-0.2, -0.15) is 0 Å². The maximum atomic E-state index is 13.5. The SMILES string of the molecule is CC(C)(C)C(=O)N1CCC[C@H]1C(=O)N[C@H](Cc1ccc2ccccc2c1)C(=O)NCC(O)CNCc1cccs1.Cl. The largest absolute Gasteiger partial charge is 0.390 e. The zero-order valence-electron chi connectivity index (χ0n) is 23.9. The zero-order valence-corrected chi connectivity index (χ0v) is 25.5. The molecule has 10 heteroatoms. The van der Waals surface area contributed by atoms with Gasteiger partial charge in [-0.3, -0.25) is 14.4 Å². The molecule has 8 nitrogen and oxygen atoms in total. The summed E-state index contributed by atoms with van der Waals surface area (Å²) in [4.78, 5) is 42.6. The molecule has 41 heavy (non-hydrogen) atoms. The van der Waals surface area contributed by atoms with E-state index in [2.05, 4.69) is 16.0 Å². The van der Waals surface area contributed by atoms with Crippen LogP contribution >= 0.6 is 23.7 Å². The summed E-state index contributed by atoms with van der Waals surface area (Å²) in [6.07, 6.45) is 0.809. The van der Waals surface area contributed by atoms with Crippen LogP contribution in [0.2, 0.25) is 0 Å². The number of nitrogens with zero attached hydrogens (tertiary/aromatic N) is 1. The molecule has 0 bridgehead atoms. The van der Waals surface area contributed by atoms with Crippen LogP contribution in [-0.4, -0.2) is 65.5 Å². The lowest BCUT2D eigenvalue weighted by molar-refractivity contribution is -0.145. The first-order valence-corrected chi connectivity index (χ1v) is 14.8. The van der Waals surface area contributed by atoms with E-state index >= 15 is 0 Å². The van der Waals surface area contributed by atoms with Crippen LogP contribution in [0.3, 0.4) is 0 Å². The predicted molar refractivity (Wildman–Crippen MR) is 166 cm³/mol. The van der Waals surface area contributed by atoms with Gasteiger partial charge in [0.1, 0.15) is 12.1 Å². The number of nitrogens with one attached hydrogen (secondary N) is 3. The van der Waals surface area contributed by atoms with Gasteiger partial charge in [-0.15, -0.1) is 23.7 Å². The summed E-state index contributed by atoms with van der Waals surface area (Å²) in [5, 5.41) is 23.5. The summed E-state index contributed by atoms with van der Waals surface area (Å²) in [5.74, 6) is -0.765. The van der Waals surface area contributed by atoms with E-state index in [-0.39, 0.29) is 43.1 Å². The molecule has 2 heterocycles. The molecule has 0 aliphatic carbocycles. The molecule has 1 aliphatic heterocycles.